The molecule has 7 aromatic carbocycles. The monoisotopic (exact) mass is 640 g/mol. The summed E-state index contributed by atoms with van der Waals surface area (Å²) in [4.78, 5) is 0. The van der Waals surface area contributed by atoms with Gasteiger partial charge in [-0.3, -0.25) is 0 Å². The van der Waals surface area contributed by atoms with Gasteiger partial charge in [-0.05, 0) is 113 Å². The molecule has 0 spiro atoms. The summed E-state index contributed by atoms with van der Waals surface area (Å²) in [6.07, 6.45) is 0. The molecule has 0 atom stereocenters. The fraction of sp³-hybridized carbons (Fsp3) is 0.136. The predicted molar refractivity (Wildman–Crippen MR) is 195 cm³/mol. The summed E-state index contributed by atoms with van der Waals surface area (Å²) >= 11 is 3.72. The molecule has 2 aliphatic rings. The Morgan fingerprint density at radius 1 is 0.378 bits per heavy atom. The van der Waals surface area contributed by atoms with Crippen molar-refractivity contribution in [2.24, 2.45) is 0 Å². The molecule has 216 valence electrons. The van der Waals surface area contributed by atoms with Crippen LogP contribution in [0.3, 0.4) is 0 Å². The lowest BCUT2D eigenvalue weighted by atomic mass is 9.79. The third-order valence-electron chi connectivity index (χ3n) is 10.7. The summed E-state index contributed by atoms with van der Waals surface area (Å²) in [6, 6.07) is 48.0. The van der Waals surface area contributed by atoms with Crippen LogP contribution in [0.5, 0.6) is 0 Å². The van der Waals surface area contributed by atoms with Gasteiger partial charge in [-0.1, -0.05) is 147 Å². The van der Waals surface area contributed by atoms with Crippen LogP contribution in [0, 0.1) is 0 Å². The van der Waals surface area contributed by atoms with Gasteiger partial charge in [0.15, 0.2) is 0 Å². The molecule has 0 radical (unpaired) electrons. The lowest BCUT2D eigenvalue weighted by Gasteiger charge is -2.24. The lowest BCUT2D eigenvalue weighted by Crippen LogP contribution is -2.15. The van der Waals surface area contributed by atoms with Crippen molar-refractivity contribution in [3.8, 4) is 44.5 Å². The second kappa shape index (κ2) is 9.28. The Labute approximate surface area is 273 Å². The number of halogens is 1. The van der Waals surface area contributed by atoms with Crippen molar-refractivity contribution in [2.75, 3.05) is 0 Å². The van der Waals surface area contributed by atoms with Crippen molar-refractivity contribution in [3.63, 3.8) is 0 Å². The first kappa shape index (κ1) is 26.9. The summed E-state index contributed by atoms with van der Waals surface area (Å²) in [7, 11) is 0. The number of rotatable bonds is 2. The molecule has 9 rings (SSSR count). The van der Waals surface area contributed by atoms with Crippen LogP contribution in [-0.2, 0) is 10.8 Å². The maximum Gasteiger partial charge on any atom is 0.0178 e. The van der Waals surface area contributed by atoms with Gasteiger partial charge >= 0.3 is 0 Å². The Morgan fingerprint density at radius 2 is 0.756 bits per heavy atom. The highest BCUT2D eigenvalue weighted by Crippen LogP contribution is 2.53. The van der Waals surface area contributed by atoms with E-state index in [1.807, 2.05) is 0 Å². The Bertz CT molecular complexity index is 2330. The predicted octanol–water partition coefficient (Wildman–Crippen LogP) is 12.7. The molecule has 0 saturated carbocycles. The van der Waals surface area contributed by atoms with Gasteiger partial charge in [-0.15, -0.1) is 0 Å². The molecule has 1 heteroatoms. The minimum atomic E-state index is -0.0786. The van der Waals surface area contributed by atoms with Gasteiger partial charge < -0.3 is 0 Å². The molecule has 0 saturated heterocycles. The maximum absolute atomic E-state index is 3.72. The normalized spacial score (nSPS) is 15.1. The van der Waals surface area contributed by atoms with E-state index in [0.717, 1.165) is 4.47 Å². The van der Waals surface area contributed by atoms with E-state index in [4.69, 9.17) is 0 Å². The Balaban J connectivity index is 1.30. The first-order chi connectivity index (χ1) is 21.7. The van der Waals surface area contributed by atoms with Crippen LogP contribution in [0.2, 0.25) is 0 Å². The standard InChI is InChI=1S/C44H33Br/c1-43(2)37-16-10-9-11-29(37)30-20-17-26(23-38(30)43)41-33-12-5-7-14-35(33)42(36-15-8-6-13-34(36)41)27-18-21-31-32-22-19-28(45)25-40(32)44(3,4)39(31)24-27/h5-25H,1-4H3. The molecule has 0 bridgehead atoms. The third kappa shape index (κ3) is 3.65. The zero-order valence-corrected chi connectivity index (χ0v) is 27.6. The lowest BCUT2D eigenvalue weighted by molar-refractivity contribution is 0.660. The van der Waals surface area contributed by atoms with E-state index in [1.54, 1.807) is 0 Å². The summed E-state index contributed by atoms with van der Waals surface area (Å²) < 4.78 is 1.13. The highest BCUT2D eigenvalue weighted by molar-refractivity contribution is 9.10. The van der Waals surface area contributed by atoms with Gasteiger partial charge in [-0.2, -0.15) is 0 Å². The van der Waals surface area contributed by atoms with Crippen molar-refractivity contribution in [1.29, 1.82) is 0 Å². The molecule has 0 amide bonds. The van der Waals surface area contributed by atoms with Crippen molar-refractivity contribution < 1.29 is 0 Å². The van der Waals surface area contributed by atoms with Crippen molar-refractivity contribution in [3.05, 3.63) is 154 Å². The van der Waals surface area contributed by atoms with Crippen molar-refractivity contribution in [2.45, 2.75) is 38.5 Å². The molecule has 0 nitrogen and oxygen atoms in total. The number of hydrogen-bond donors (Lipinski definition) is 0. The number of hydrogen-bond acceptors (Lipinski definition) is 0. The quantitative estimate of drug-likeness (QED) is 0.165. The van der Waals surface area contributed by atoms with Gasteiger partial charge in [0.25, 0.3) is 0 Å². The van der Waals surface area contributed by atoms with E-state index in [2.05, 4.69) is 171 Å². The summed E-state index contributed by atoms with van der Waals surface area (Å²) in [5, 5.41) is 5.19. The average molecular weight is 642 g/mol. The fourth-order valence-corrected chi connectivity index (χ4v) is 8.84. The SMILES string of the molecule is CC1(C)c2ccccc2-c2ccc(-c3c4ccccc4c(-c4ccc5c(c4)C(C)(C)c4cc(Br)ccc4-5)c4ccccc34)cc21. The number of fused-ring (bicyclic) bond motifs is 8. The molecule has 0 fully saturated rings. The van der Waals surface area contributed by atoms with Crippen LogP contribution >= 0.6 is 15.9 Å². The van der Waals surface area contributed by atoms with E-state index in [-0.39, 0.29) is 10.8 Å². The Kier molecular flexibility index (Phi) is 5.55. The van der Waals surface area contributed by atoms with Gasteiger partial charge in [0.1, 0.15) is 0 Å². The summed E-state index contributed by atoms with van der Waals surface area (Å²) in [6.45, 7) is 9.46. The van der Waals surface area contributed by atoms with Crippen molar-refractivity contribution >= 4 is 37.5 Å². The highest BCUT2D eigenvalue weighted by atomic mass is 79.9. The highest BCUT2D eigenvalue weighted by Gasteiger charge is 2.37. The van der Waals surface area contributed by atoms with Gasteiger partial charge in [0.2, 0.25) is 0 Å². The zero-order valence-electron chi connectivity index (χ0n) is 26.0. The minimum Gasteiger partial charge on any atom is -0.0619 e. The Morgan fingerprint density at radius 3 is 1.27 bits per heavy atom. The first-order valence-corrected chi connectivity index (χ1v) is 16.7. The molecule has 0 heterocycles. The van der Waals surface area contributed by atoms with E-state index in [9.17, 15) is 0 Å². The van der Waals surface area contributed by atoms with E-state index >= 15 is 0 Å². The molecule has 45 heavy (non-hydrogen) atoms. The largest absolute Gasteiger partial charge is 0.0619 e. The fourth-order valence-electron chi connectivity index (χ4n) is 8.48. The van der Waals surface area contributed by atoms with Gasteiger partial charge in [-0.25, -0.2) is 0 Å². The zero-order chi connectivity index (χ0) is 30.7. The van der Waals surface area contributed by atoms with Crippen LogP contribution in [0.1, 0.15) is 49.9 Å². The second-order valence-electron chi connectivity index (χ2n) is 13.8. The molecular formula is C44H33Br. The Hall–Kier alpha value is -4.46. The summed E-state index contributed by atoms with van der Waals surface area (Å²) in [5.41, 5.74) is 16.1. The smallest absolute Gasteiger partial charge is 0.0178 e. The van der Waals surface area contributed by atoms with Crippen LogP contribution < -0.4 is 0 Å². The summed E-state index contributed by atoms with van der Waals surface area (Å²) in [5.74, 6) is 0. The van der Waals surface area contributed by atoms with E-state index in [1.165, 1.54) is 88.3 Å². The molecule has 0 N–H and O–H groups in total. The third-order valence-corrected chi connectivity index (χ3v) is 11.2. The minimum absolute atomic E-state index is 0.0438. The van der Waals surface area contributed by atoms with Crippen LogP contribution in [0.15, 0.2) is 132 Å². The van der Waals surface area contributed by atoms with Crippen LogP contribution in [0.4, 0.5) is 0 Å². The average Bonchev–Trinajstić information content (AvgIpc) is 3.42. The maximum atomic E-state index is 3.72. The van der Waals surface area contributed by atoms with E-state index in [0.29, 0.717) is 0 Å². The van der Waals surface area contributed by atoms with Crippen molar-refractivity contribution in [1.82, 2.24) is 0 Å². The molecule has 0 aliphatic heterocycles. The molecule has 0 aromatic heterocycles. The van der Waals surface area contributed by atoms with E-state index < -0.39 is 0 Å². The van der Waals surface area contributed by atoms with Gasteiger partial charge in [0, 0.05) is 15.3 Å². The number of benzene rings is 7. The first-order valence-electron chi connectivity index (χ1n) is 15.9. The van der Waals surface area contributed by atoms with Crippen LogP contribution in [-0.4, -0.2) is 0 Å². The topological polar surface area (TPSA) is 0 Å². The molecule has 7 aromatic rings. The second-order valence-corrected chi connectivity index (χ2v) is 14.8. The molecular weight excluding hydrogens is 608 g/mol. The van der Waals surface area contributed by atoms with Crippen LogP contribution in [0.25, 0.3) is 66.1 Å². The molecule has 2 aliphatic carbocycles. The van der Waals surface area contributed by atoms with Gasteiger partial charge in [0.05, 0.1) is 0 Å². The molecule has 0 unspecified atom stereocenters.